The SMILES string of the molecule is C[C@@H]1CN(c2cnc3cc(C(=O)N(C)C)cc(C4CCCN4C(=O)OC(C)(C)C)c3n2)CCO1. The first-order chi connectivity index (χ1) is 16.0. The van der Waals surface area contributed by atoms with Crippen molar-refractivity contribution in [2.24, 2.45) is 0 Å². The van der Waals surface area contributed by atoms with Crippen molar-refractivity contribution in [1.82, 2.24) is 19.8 Å². The van der Waals surface area contributed by atoms with Crippen molar-refractivity contribution in [3.63, 3.8) is 0 Å². The van der Waals surface area contributed by atoms with Crippen LogP contribution < -0.4 is 4.90 Å². The van der Waals surface area contributed by atoms with Crippen molar-refractivity contribution in [2.45, 2.75) is 58.3 Å². The summed E-state index contributed by atoms with van der Waals surface area (Å²) in [5, 5.41) is 0. The summed E-state index contributed by atoms with van der Waals surface area (Å²) < 4.78 is 11.4. The molecule has 184 valence electrons. The van der Waals surface area contributed by atoms with Gasteiger partial charge in [0.05, 0.1) is 36.0 Å². The number of hydrogen-bond acceptors (Lipinski definition) is 7. The molecule has 4 rings (SSSR count). The third-order valence-electron chi connectivity index (χ3n) is 6.12. The van der Waals surface area contributed by atoms with E-state index in [-0.39, 0.29) is 24.1 Å². The van der Waals surface area contributed by atoms with Gasteiger partial charge in [-0.3, -0.25) is 9.78 Å². The molecular weight excluding hydrogens is 434 g/mol. The largest absolute Gasteiger partial charge is 0.444 e. The molecule has 0 N–H and O–H groups in total. The van der Waals surface area contributed by atoms with Gasteiger partial charge >= 0.3 is 6.09 Å². The summed E-state index contributed by atoms with van der Waals surface area (Å²) in [7, 11) is 3.45. The Balaban J connectivity index is 1.80. The molecule has 0 bridgehead atoms. The van der Waals surface area contributed by atoms with E-state index < -0.39 is 5.60 Å². The molecule has 1 aromatic carbocycles. The molecule has 0 aliphatic carbocycles. The van der Waals surface area contributed by atoms with Gasteiger partial charge in [-0.25, -0.2) is 9.78 Å². The second kappa shape index (κ2) is 9.37. The van der Waals surface area contributed by atoms with Gasteiger partial charge < -0.3 is 24.2 Å². The number of benzene rings is 1. The lowest BCUT2D eigenvalue weighted by Gasteiger charge is -2.32. The van der Waals surface area contributed by atoms with Crippen LogP contribution in [0.3, 0.4) is 0 Å². The first-order valence-electron chi connectivity index (χ1n) is 11.9. The van der Waals surface area contributed by atoms with E-state index in [1.54, 1.807) is 36.2 Å². The van der Waals surface area contributed by atoms with Crippen molar-refractivity contribution < 1.29 is 19.1 Å². The van der Waals surface area contributed by atoms with E-state index in [1.165, 1.54) is 0 Å². The lowest BCUT2D eigenvalue weighted by molar-refractivity contribution is 0.0225. The molecule has 2 amide bonds. The summed E-state index contributed by atoms with van der Waals surface area (Å²) in [6.07, 6.45) is 3.15. The fourth-order valence-electron chi connectivity index (χ4n) is 4.58. The van der Waals surface area contributed by atoms with Crippen LogP contribution >= 0.6 is 0 Å². The number of nitrogens with zero attached hydrogens (tertiary/aromatic N) is 5. The predicted octanol–water partition coefficient (Wildman–Crippen LogP) is 3.63. The van der Waals surface area contributed by atoms with Gasteiger partial charge in [0.15, 0.2) is 0 Å². The van der Waals surface area contributed by atoms with Gasteiger partial charge in [-0.1, -0.05) is 0 Å². The molecule has 9 nitrogen and oxygen atoms in total. The van der Waals surface area contributed by atoms with Crippen LogP contribution in [0.1, 0.15) is 62.5 Å². The van der Waals surface area contributed by atoms with E-state index in [0.717, 1.165) is 37.3 Å². The Labute approximate surface area is 201 Å². The van der Waals surface area contributed by atoms with Gasteiger partial charge in [0.2, 0.25) is 0 Å². The van der Waals surface area contributed by atoms with E-state index in [1.807, 2.05) is 33.8 Å². The van der Waals surface area contributed by atoms with Crippen molar-refractivity contribution in [3.05, 3.63) is 29.5 Å². The van der Waals surface area contributed by atoms with Crippen molar-refractivity contribution in [3.8, 4) is 0 Å². The first-order valence-corrected chi connectivity index (χ1v) is 11.9. The van der Waals surface area contributed by atoms with Gasteiger partial charge in [0.1, 0.15) is 11.4 Å². The number of aromatic nitrogens is 2. The lowest BCUT2D eigenvalue weighted by atomic mass is 9.99. The predicted molar refractivity (Wildman–Crippen MR) is 130 cm³/mol. The standard InChI is InChI=1S/C25H35N5O4/c1-16-15-29(10-11-33-16)21-14-26-19-13-17(23(31)28(5)6)12-18(22(19)27-21)20-8-7-9-30(20)24(32)34-25(2,3)4/h12-14,16,20H,7-11,15H2,1-6H3/t16-,20?/m1/s1. The Hall–Kier alpha value is -2.94. The Bertz CT molecular complexity index is 1080. The van der Waals surface area contributed by atoms with Gasteiger partial charge in [0, 0.05) is 44.9 Å². The van der Waals surface area contributed by atoms with Crippen LogP contribution in [-0.4, -0.2) is 83.8 Å². The highest BCUT2D eigenvalue weighted by Gasteiger charge is 2.35. The molecule has 1 aromatic heterocycles. The number of ether oxygens (including phenoxy) is 2. The van der Waals surface area contributed by atoms with Crippen LogP contribution in [0.2, 0.25) is 0 Å². The van der Waals surface area contributed by atoms with Crippen LogP contribution in [0, 0.1) is 0 Å². The molecule has 0 saturated carbocycles. The van der Waals surface area contributed by atoms with E-state index in [2.05, 4.69) is 4.90 Å². The van der Waals surface area contributed by atoms with Crippen molar-refractivity contribution in [1.29, 1.82) is 0 Å². The van der Waals surface area contributed by atoms with Crippen LogP contribution in [0.25, 0.3) is 11.0 Å². The Kier molecular flexibility index (Phi) is 6.66. The van der Waals surface area contributed by atoms with Crippen molar-refractivity contribution in [2.75, 3.05) is 45.2 Å². The molecule has 2 atom stereocenters. The number of morpholine rings is 1. The molecule has 3 heterocycles. The summed E-state index contributed by atoms with van der Waals surface area (Å²) in [6, 6.07) is 3.42. The highest BCUT2D eigenvalue weighted by molar-refractivity contribution is 5.98. The van der Waals surface area contributed by atoms with Crippen molar-refractivity contribution >= 4 is 28.9 Å². The number of likely N-dealkylation sites (tertiary alicyclic amines) is 1. The monoisotopic (exact) mass is 469 g/mol. The normalized spacial score (nSPS) is 21.1. The number of carbonyl (C=O) groups is 2. The van der Waals surface area contributed by atoms with E-state index in [9.17, 15) is 9.59 Å². The minimum atomic E-state index is -0.588. The van der Waals surface area contributed by atoms with Gasteiger partial charge in [-0.2, -0.15) is 0 Å². The maximum Gasteiger partial charge on any atom is 0.410 e. The summed E-state index contributed by atoms with van der Waals surface area (Å²) in [6.45, 7) is 10.3. The summed E-state index contributed by atoms with van der Waals surface area (Å²) >= 11 is 0. The molecular formula is C25H35N5O4. The molecule has 0 spiro atoms. The third kappa shape index (κ3) is 5.09. The highest BCUT2D eigenvalue weighted by atomic mass is 16.6. The third-order valence-corrected chi connectivity index (χ3v) is 6.12. The Morgan fingerprint density at radius 2 is 1.97 bits per heavy atom. The number of amides is 2. The average Bonchev–Trinajstić information content (AvgIpc) is 3.26. The van der Waals surface area contributed by atoms with Crippen LogP contribution in [-0.2, 0) is 9.47 Å². The summed E-state index contributed by atoms with van der Waals surface area (Å²) in [4.78, 5) is 41.1. The number of rotatable bonds is 3. The Morgan fingerprint density at radius 3 is 2.65 bits per heavy atom. The molecule has 34 heavy (non-hydrogen) atoms. The van der Waals surface area contributed by atoms with E-state index >= 15 is 0 Å². The number of carbonyl (C=O) groups excluding carboxylic acids is 2. The second-order valence-electron chi connectivity index (χ2n) is 10.3. The fraction of sp³-hybridized carbons (Fsp3) is 0.600. The van der Waals surface area contributed by atoms with Gasteiger partial charge in [0.25, 0.3) is 5.91 Å². The zero-order valence-corrected chi connectivity index (χ0v) is 21.0. The molecule has 2 aliphatic heterocycles. The van der Waals surface area contributed by atoms with Gasteiger partial charge in [-0.15, -0.1) is 0 Å². The fourth-order valence-corrected chi connectivity index (χ4v) is 4.58. The molecule has 0 radical (unpaired) electrons. The first kappa shape index (κ1) is 24.2. The maximum absolute atomic E-state index is 13.0. The van der Waals surface area contributed by atoms with Crippen LogP contribution in [0.4, 0.5) is 10.6 Å². The lowest BCUT2D eigenvalue weighted by Crippen LogP contribution is -2.41. The molecule has 2 aliphatic rings. The minimum Gasteiger partial charge on any atom is -0.444 e. The molecule has 2 saturated heterocycles. The zero-order valence-electron chi connectivity index (χ0n) is 21.0. The topological polar surface area (TPSA) is 88.1 Å². The number of anilines is 1. The molecule has 2 aromatic rings. The Morgan fingerprint density at radius 1 is 1.21 bits per heavy atom. The molecule has 2 fully saturated rings. The molecule has 1 unspecified atom stereocenters. The van der Waals surface area contributed by atoms with Crippen LogP contribution in [0.15, 0.2) is 18.3 Å². The molecule has 9 heteroatoms. The number of hydrogen-bond donors (Lipinski definition) is 0. The van der Waals surface area contributed by atoms with E-state index in [4.69, 9.17) is 19.4 Å². The summed E-state index contributed by atoms with van der Waals surface area (Å²) in [5.41, 5.74) is 2.14. The smallest absolute Gasteiger partial charge is 0.410 e. The van der Waals surface area contributed by atoms with E-state index in [0.29, 0.717) is 29.7 Å². The summed E-state index contributed by atoms with van der Waals surface area (Å²) in [5.74, 6) is 0.662. The minimum absolute atomic E-state index is 0.113. The zero-order chi connectivity index (χ0) is 24.6. The highest BCUT2D eigenvalue weighted by Crippen LogP contribution is 2.37. The van der Waals surface area contributed by atoms with Crippen LogP contribution in [0.5, 0.6) is 0 Å². The maximum atomic E-state index is 13.0. The second-order valence-corrected chi connectivity index (χ2v) is 10.3. The van der Waals surface area contributed by atoms with Gasteiger partial charge in [-0.05, 0) is 52.7 Å². The quantitative estimate of drug-likeness (QED) is 0.678. The average molecular weight is 470 g/mol. The number of fused-ring (bicyclic) bond motifs is 1.